The van der Waals surface area contributed by atoms with Crippen molar-refractivity contribution in [2.45, 2.75) is 57.8 Å². The molecule has 1 aromatic heterocycles. The summed E-state index contributed by atoms with van der Waals surface area (Å²) in [7, 11) is 0. The molecule has 4 N–H and O–H groups in total. The zero-order chi connectivity index (χ0) is 17.6. The van der Waals surface area contributed by atoms with E-state index in [1.54, 1.807) is 11.3 Å². The molecule has 0 radical (unpaired) electrons. The summed E-state index contributed by atoms with van der Waals surface area (Å²) >= 11 is 5.12. The van der Waals surface area contributed by atoms with Gasteiger partial charge in [0.15, 0.2) is 5.13 Å². The number of nitrogen functional groups attached to an aromatic ring is 1. The first-order chi connectivity index (χ1) is 11.6. The summed E-state index contributed by atoms with van der Waals surface area (Å²) in [6.45, 7) is 5.12. The van der Waals surface area contributed by atoms with Crippen LogP contribution in [0, 0.1) is 0 Å². The summed E-state index contributed by atoms with van der Waals surface area (Å²) in [5.41, 5.74) is 14.6. The Morgan fingerprint density at radius 2 is 1.58 bits per heavy atom. The van der Waals surface area contributed by atoms with Gasteiger partial charge in [0, 0.05) is 26.9 Å². The Kier molecular flexibility index (Phi) is 12.0. The molecule has 1 heterocycles. The van der Waals surface area contributed by atoms with Gasteiger partial charge in [0.1, 0.15) is 0 Å². The molecule has 0 bridgehead atoms. The molecule has 2 rings (SSSR count). The van der Waals surface area contributed by atoms with Crippen LogP contribution in [0.2, 0.25) is 0 Å². The third kappa shape index (κ3) is 6.10. The molecule has 0 aliphatic carbocycles. The lowest BCUT2D eigenvalue weighted by Crippen LogP contribution is -2.35. The number of unbranched alkanes of at least 4 members (excludes halogenated alkanes) is 2. The molecule has 0 spiro atoms. The standard InChI is InChI=1S/C19H28BrN3S.2ClH/c1-3-5-11-19(13-21,12-6-4-2)17-16(23-18(22)24-17)14-7-9-15(20)10-8-14;;/h7-10H,3-6,11-13,21H2,1-2H3,(H2,22,23);2*1H. The molecular formula is C19H30BrCl2N3S. The van der Waals surface area contributed by atoms with Crippen molar-refractivity contribution in [3.05, 3.63) is 33.6 Å². The highest BCUT2D eigenvalue weighted by atomic mass is 79.9. The molecule has 2 aromatic rings. The predicted molar refractivity (Wildman–Crippen MR) is 124 cm³/mol. The van der Waals surface area contributed by atoms with E-state index in [-0.39, 0.29) is 30.2 Å². The smallest absolute Gasteiger partial charge is 0.180 e. The Labute approximate surface area is 182 Å². The first-order valence-electron chi connectivity index (χ1n) is 8.79. The number of thiazole rings is 1. The lowest BCUT2D eigenvalue weighted by atomic mass is 9.76. The Bertz CT molecular complexity index is 639. The monoisotopic (exact) mass is 481 g/mol. The van der Waals surface area contributed by atoms with Gasteiger partial charge in [0.25, 0.3) is 0 Å². The van der Waals surface area contributed by atoms with E-state index >= 15 is 0 Å². The number of rotatable bonds is 9. The highest BCUT2D eigenvalue weighted by Gasteiger charge is 2.35. The van der Waals surface area contributed by atoms with Gasteiger partial charge in [-0.15, -0.1) is 36.2 Å². The third-order valence-corrected chi connectivity index (χ3v) is 6.31. The third-order valence-electron chi connectivity index (χ3n) is 4.65. The average molecular weight is 483 g/mol. The van der Waals surface area contributed by atoms with Crippen molar-refractivity contribution in [3.63, 3.8) is 0 Å². The fourth-order valence-corrected chi connectivity index (χ4v) is 4.55. The molecule has 3 nitrogen and oxygen atoms in total. The first-order valence-corrected chi connectivity index (χ1v) is 10.4. The summed E-state index contributed by atoms with van der Waals surface area (Å²) < 4.78 is 1.07. The van der Waals surface area contributed by atoms with Gasteiger partial charge < -0.3 is 11.5 Å². The summed E-state index contributed by atoms with van der Waals surface area (Å²) in [4.78, 5) is 5.94. The molecule has 0 fully saturated rings. The van der Waals surface area contributed by atoms with Crippen LogP contribution in [-0.4, -0.2) is 11.5 Å². The molecule has 1 aromatic carbocycles. The van der Waals surface area contributed by atoms with E-state index in [1.807, 2.05) is 0 Å². The van der Waals surface area contributed by atoms with Crippen molar-refractivity contribution in [1.29, 1.82) is 0 Å². The molecule has 0 unspecified atom stereocenters. The largest absolute Gasteiger partial charge is 0.375 e. The van der Waals surface area contributed by atoms with Gasteiger partial charge >= 0.3 is 0 Å². The molecule has 26 heavy (non-hydrogen) atoms. The molecule has 0 amide bonds. The van der Waals surface area contributed by atoms with E-state index < -0.39 is 0 Å². The number of nitrogens with two attached hydrogens (primary N) is 2. The zero-order valence-corrected chi connectivity index (χ0v) is 19.5. The Morgan fingerprint density at radius 3 is 2.04 bits per heavy atom. The van der Waals surface area contributed by atoms with Crippen molar-refractivity contribution < 1.29 is 0 Å². The van der Waals surface area contributed by atoms with Crippen LogP contribution in [0.15, 0.2) is 28.7 Å². The molecule has 0 saturated carbocycles. The van der Waals surface area contributed by atoms with Crippen LogP contribution in [0.25, 0.3) is 11.3 Å². The van der Waals surface area contributed by atoms with Crippen molar-refractivity contribution >= 4 is 57.2 Å². The fourth-order valence-electron chi connectivity index (χ4n) is 3.18. The Hall–Kier alpha value is -0.330. The summed E-state index contributed by atoms with van der Waals surface area (Å²) in [5, 5.41) is 0.633. The molecule has 0 saturated heterocycles. The lowest BCUT2D eigenvalue weighted by molar-refractivity contribution is 0.357. The number of hydrogen-bond acceptors (Lipinski definition) is 4. The second kappa shape index (κ2) is 12.2. The van der Waals surface area contributed by atoms with E-state index in [0.717, 1.165) is 28.6 Å². The number of aromatic nitrogens is 1. The highest BCUT2D eigenvalue weighted by Crippen LogP contribution is 2.44. The molecule has 0 aliphatic heterocycles. The van der Waals surface area contributed by atoms with Crippen LogP contribution in [-0.2, 0) is 5.41 Å². The SMILES string of the molecule is CCCCC(CN)(CCCC)c1sc(N)nc1-c1ccc(Br)cc1.Cl.Cl. The Morgan fingerprint density at radius 1 is 1.04 bits per heavy atom. The van der Waals surface area contributed by atoms with Crippen molar-refractivity contribution in [2.75, 3.05) is 12.3 Å². The second-order valence-electron chi connectivity index (χ2n) is 6.43. The normalized spacial score (nSPS) is 10.9. The van der Waals surface area contributed by atoms with Crippen LogP contribution in [0.3, 0.4) is 0 Å². The van der Waals surface area contributed by atoms with Gasteiger partial charge in [-0.2, -0.15) is 0 Å². The van der Waals surface area contributed by atoms with Crippen LogP contribution in [0.5, 0.6) is 0 Å². The minimum absolute atomic E-state index is 0. The van der Waals surface area contributed by atoms with Crippen molar-refractivity contribution in [3.8, 4) is 11.3 Å². The van der Waals surface area contributed by atoms with Gasteiger partial charge in [-0.05, 0) is 25.0 Å². The number of benzene rings is 1. The van der Waals surface area contributed by atoms with Crippen molar-refractivity contribution in [2.24, 2.45) is 5.73 Å². The van der Waals surface area contributed by atoms with E-state index in [0.29, 0.717) is 11.7 Å². The topological polar surface area (TPSA) is 64.9 Å². The number of anilines is 1. The molecule has 7 heteroatoms. The van der Waals surface area contributed by atoms with E-state index in [9.17, 15) is 0 Å². The second-order valence-corrected chi connectivity index (χ2v) is 8.37. The van der Waals surface area contributed by atoms with Gasteiger partial charge in [0.05, 0.1) is 5.69 Å². The van der Waals surface area contributed by atoms with Crippen LogP contribution >= 0.6 is 52.1 Å². The number of nitrogens with zero attached hydrogens (tertiary/aromatic N) is 1. The van der Waals surface area contributed by atoms with E-state index in [1.165, 1.54) is 30.6 Å². The Balaban J connectivity index is 0.00000312. The fraction of sp³-hybridized carbons (Fsp3) is 0.526. The summed E-state index contributed by atoms with van der Waals surface area (Å²) in [5.74, 6) is 0. The van der Waals surface area contributed by atoms with Crippen LogP contribution in [0.4, 0.5) is 5.13 Å². The van der Waals surface area contributed by atoms with Crippen LogP contribution < -0.4 is 11.5 Å². The molecular weight excluding hydrogens is 453 g/mol. The molecule has 0 aliphatic rings. The average Bonchev–Trinajstić information content (AvgIpc) is 2.98. The number of halogens is 3. The quantitative estimate of drug-likeness (QED) is 0.424. The lowest BCUT2D eigenvalue weighted by Gasteiger charge is -2.32. The van der Waals surface area contributed by atoms with Crippen LogP contribution in [0.1, 0.15) is 57.2 Å². The highest BCUT2D eigenvalue weighted by molar-refractivity contribution is 9.10. The molecule has 0 atom stereocenters. The van der Waals surface area contributed by atoms with Gasteiger partial charge in [-0.25, -0.2) is 4.98 Å². The van der Waals surface area contributed by atoms with Gasteiger partial charge in [-0.1, -0.05) is 67.6 Å². The maximum Gasteiger partial charge on any atom is 0.180 e. The first kappa shape index (κ1) is 25.7. The van der Waals surface area contributed by atoms with E-state index in [4.69, 9.17) is 11.5 Å². The maximum absolute atomic E-state index is 6.33. The zero-order valence-electron chi connectivity index (χ0n) is 15.5. The predicted octanol–water partition coefficient (Wildman–Crippen LogP) is 6.58. The van der Waals surface area contributed by atoms with Gasteiger partial charge in [-0.3, -0.25) is 0 Å². The van der Waals surface area contributed by atoms with Crippen molar-refractivity contribution in [1.82, 2.24) is 4.98 Å². The summed E-state index contributed by atoms with van der Waals surface area (Å²) in [6.07, 6.45) is 6.92. The van der Waals surface area contributed by atoms with Gasteiger partial charge in [0.2, 0.25) is 0 Å². The minimum atomic E-state index is -0.0102. The summed E-state index contributed by atoms with van der Waals surface area (Å²) in [6, 6.07) is 8.31. The number of hydrogen-bond donors (Lipinski definition) is 2. The maximum atomic E-state index is 6.33. The van der Waals surface area contributed by atoms with E-state index in [2.05, 4.69) is 59.0 Å². The minimum Gasteiger partial charge on any atom is -0.375 e. The molecule has 148 valence electrons.